The van der Waals surface area contributed by atoms with E-state index in [0.717, 1.165) is 33.6 Å². The van der Waals surface area contributed by atoms with Crippen molar-refractivity contribution in [2.24, 2.45) is 13.0 Å². The van der Waals surface area contributed by atoms with E-state index in [1.165, 1.54) is 12.1 Å². The predicted octanol–water partition coefficient (Wildman–Crippen LogP) is 4.69. The molecule has 0 fully saturated rings. The van der Waals surface area contributed by atoms with Crippen molar-refractivity contribution in [1.29, 1.82) is 0 Å². The lowest BCUT2D eigenvalue weighted by atomic mass is 9.98. The van der Waals surface area contributed by atoms with E-state index in [9.17, 15) is 9.50 Å². The maximum atomic E-state index is 13.5. The van der Waals surface area contributed by atoms with Crippen LogP contribution in [0.5, 0.6) is 0 Å². The van der Waals surface area contributed by atoms with Crippen molar-refractivity contribution in [3.8, 4) is 17.1 Å². The number of rotatable bonds is 5. The first-order valence-corrected chi connectivity index (χ1v) is 11.2. The topological polar surface area (TPSA) is 111 Å². The summed E-state index contributed by atoms with van der Waals surface area (Å²) >= 11 is 0. The van der Waals surface area contributed by atoms with Gasteiger partial charge in [0.15, 0.2) is 11.5 Å². The first-order chi connectivity index (χ1) is 16.2. The maximum absolute atomic E-state index is 13.5. The minimum absolute atomic E-state index is 0.302. The quantitative estimate of drug-likeness (QED) is 0.398. The number of anilines is 1. The van der Waals surface area contributed by atoms with Crippen LogP contribution in [0, 0.1) is 25.6 Å². The van der Waals surface area contributed by atoms with Crippen molar-refractivity contribution < 1.29 is 9.50 Å². The van der Waals surface area contributed by atoms with Gasteiger partial charge in [-0.25, -0.2) is 14.1 Å². The second kappa shape index (κ2) is 9.26. The van der Waals surface area contributed by atoms with Crippen LogP contribution >= 0.6 is 0 Å². The number of H-pyrrole nitrogens is 1. The Kier molecular flexibility index (Phi) is 6.39. The molecule has 4 rings (SSSR count). The highest BCUT2D eigenvalue weighted by Crippen LogP contribution is 2.29. The van der Waals surface area contributed by atoms with Gasteiger partial charge in [0.2, 0.25) is 0 Å². The van der Waals surface area contributed by atoms with Crippen LogP contribution < -0.4 is 5.73 Å². The molecule has 1 aromatic carbocycles. The van der Waals surface area contributed by atoms with Crippen LogP contribution in [0.15, 0.2) is 42.6 Å². The Morgan fingerprint density at radius 1 is 1.12 bits per heavy atom. The monoisotopic (exact) mass is 463 g/mol. The lowest BCUT2D eigenvalue weighted by Gasteiger charge is -2.13. The summed E-state index contributed by atoms with van der Waals surface area (Å²) in [6.45, 7) is 7.95. The Labute approximate surface area is 197 Å². The Balaban J connectivity index is 1.87. The van der Waals surface area contributed by atoms with Gasteiger partial charge in [0, 0.05) is 41.5 Å². The molecule has 8 nitrogen and oxygen atoms in total. The van der Waals surface area contributed by atoms with Crippen LogP contribution in [0.4, 0.5) is 10.2 Å². The summed E-state index contributed by atoms with van der Waals surface area (Å²) in [4.78, 5) is 7.76. The van der Waals surface area contributed by atoms with E-state index in [1.807, 2.05) is 27.0 Å². The molecule has 0 spiro atoms. The Morgan fingerprint density at radius 2 is 1.82 bits per heavy atom. The molecule has 0 saturated heterocycles. The van der Waals surface area contributed by atoms with Crippen molar-refractivity contribution >= 4 is 16.9 Å². The largest absolute Gasteiger partial charge is 0.388 e. The molecule has 0 aliphatic carbocycles. The second-order valence-electron chi connectivity index (χ2n) is 8.91. The highest BCUT2D eigenvalue weighted by atomic mass is 19.1. The number of aromatic amines is 1. The molecule has 0 aliphatic rings. The third kappa shape index (κ3) is 4.51. The average molecular weight is 464 g/mol. The molecule has 0 radical (unpaired) electrons. The van der Waals surface area contributed by atoms with Gasteiger partial charge in [-0.15, -0.1) is 0 Å². The molecule has 4 N–H and O–H groups in total. The fourth-order valence-electron chi connectivity index (χ4n) is 4.32. The third-order valence-electron chi connectivity index (χ3n) is 5.79. The first-order valence-electron chi connectivity index (χ1n) is 11.2. The zero-order valence-corrected chi connectivity index (χ0v) is 20.0. The van der Waals surface area contributed by atoms with Crippen molar-refractivity contribution in [1.82, 2.24) is 29.5 Å². The molecule has 3 aromatic heterocycles. The SMILES string of the molecule is Cc1nn(-c2cc(N)[nH]c3nn(C)c(-c4ccc(F)cc4)c3ccn2)c(C)c1C(O)CC(C)C. The van der Waals surface area contributed by atoms with Crippen molar-refractivity contribution in [2.45, 2.75) is 40.2 Å². The van der Waals surface area contributed by atoms with E-state index in [-0.39, 0.29) is 5.82 Å². The number of aliphatic hydroxyl groups excluding tert-OH is 1. The molecular formula is C25H30FN7O. The van der Waals surface area contributed by atoms with E-state index >= 15 is 0 Å². The highest BCUT2D eigenvalue weighted by molar-refractivity contribution is 5.90. The van der Waals surface area contributed by atoms with E-state index in [2.05, 4.69) is 34.0 Å². The van der Waals surface area contributed by atoms with E-state index < -0.39 is 6.10 Å². The number of hydrogen-bond donors (Lipinski definition) is 3. The summed E-state index contributed by atoms with van der Waals surface area (Å²) in [5.74, 6) is 0.888. The third-order valence-corrected chi connectivity index (χ3v) is 5.79. The number of aromatic nitrogens is 6. The van der Waals surface area contributed by atoms with Gasteiger partial charge in [0.25, 0.3) is 0 Å². The summed E-state index contributed by atoms with van der Waals surface area (Å²) in [6, 6.07) is 9.77. The number of hydrogen-bond acceptors (Lipinski definition) is 5. The minimum Gasteiger partial charge on any atom is -0.388 e. The predicted molar refractivity (Wildman–Crippen MR) is 131 cm³/mol. The Bertz CT molecular complexity index is 1380. The lowest BCUT2D eigenvalue weighted by Crippen LogP contribution is -2.06. The molecular weight excluding hydrogens is 433 g/mol. The van der Waals surface area contributed by atoms with Crippen LogP contribution in [0.3, 0.4) is 0 Å². The van der Waals surface area contributed by atoms with E-state index in [0.29, 0.717) is 29.6 Å². The number of aryl methyl sites for hydroxylation is 2. The number of nitrogens with zero attached hydrogens (tertiary/aromatic N) is 5. The van der Waals surface area contributed by atoms with Gasteiger partial charge in [-0.1, -0.05) is 13.8 Å². The molecule has 4 aromatic rings. The number of benzene rings is 1. The normalized spacial score (nSPS) is 12.4. The smallest absolute Gasteiger partial charge is 0.161 e. The maximum Gasteiger partial charge on any atom is 0.161 e. The molecule has 1 atom stereocenters. The lowest BCUT2D eigenvalue weighted by molar-refractivity contribution is 0.149. The molecule has 1 unspecified atom stereocenters. The number of nitrogens with two attached hydrogens (primary N) is 1. The second-order valence-corrected chi connectivity index (χ2v) is 8.91. The number of fused-ring (bicyclic) bond motifs is 1. The summed E-state index contributed by atoms with van der Waals surface area (Å²) in [6.07, 6.45) is 1.71. The molecule has 0 aliphatic heterocycles. The molecule has 178 valence electrons. The summed E-state index contributed by atoms with van der Waals surface area (Å²) < 4.78 is 16.9. The van der Waals surface area contributed by atoms with Crippen LogP contribution in [-0.4, -0.2) is 34.6 Å². The summed E-state index contributed by atoms with van der Waals surface area (Å²) in [7, 11) is 1.82. The fourth-order valence-corrected chi connectivity index (χ4v) is 4.32. The number of halogens is 1. The van der Waals surface area contributed by atoms with Gasteiger partial charge >= 0.3 is 0 Å². The van der Waals surface area contributed by atoms with Crippen LogP contribution in [0.25, 0.3) is 28.1 Å². The molecule has 0 saturated carbocycles. The number of aliphatic hydroxyl groups is 1. The molecule has 9 heteroatoms. The van der Waals surface area contributed by atoms with Gasteiger partial charge in [0.1, 0.15) is 11.6 Å². The zero-order valence-electron chi connectivity index (χ0n) is 20.0. The number of nitrogens with one attached hydrogen (secondary N) is 1. The molecule has 0 amide bonds. The van der Waals surface area contributed by atoms with Crippen molar-refractivity contribution in [2.75, 3.05) is 5.73 Å². The van der Waals surface area contributed by atoms with Gasteiger partial charge in [-0.2, -0.15) is 10.2 Å². The average Bonchev–Trinajstić information content (AvgIpc) is 3.23. The van der Waals surface area contributed by atoms with E-state index in [4.69, 9.17) is 5.73 Å². The summed E-state index contributed by atoms with van der Waals surface area (Å²) in [5, 5.41) is 20.7. The fraction of sp³-hybridized carbons (Fsp3) is 0.320. The molecule has 3 heterocycles. The van der Waals surface area contributed by atoms with Crippen LogP contribution in [-0.2, 0) is 7.05 Å². The zero-order chi connectivity index (χ0) is 24.6. The molecule has 0 bridgehead atoms. The van der Waals surface area contributed by atoms with Gasteiger partial charge in [-0.3, -0.25) is 4.68 Å². The van der Waals surface area contributed by atoms with Gasteiger partial charge < -0.3 is 15.8 Å². The van der Waals surface area contributed by atoms with Crippen molar-refractivity contribution in [3.05, 3.63) is 65.4 Å². The van der Waals surface area contributed by atoms with Crippen LogP contribution in [0.1, 0.15) is 43.3 Å². The Hall–Kier alpha value is -3.72. The van der Waals surface area contributed by atoms with E-state index in [1.54, 1.807) is 33.8 Å². The van der Waals surface area contributed by atoms with Crippen LogP contribution in [0.2, 0.25) is 0 Å². The minimum atomic E-state index is -0.603. The molecule has 34 heavy (non-hydrogen) atoms. The van der Waals surface area contributed by atoms with Crippen molar-refractivity contribution in [3.63, 3.8) is 0 Å². The standard InChI is InChI=1S/C25H30FN7O/c1-14(2)12-20(34)23-15(3)30-33(16(23)4)22-13-21(27)29-25-19(10-11-28-22)24(32(5)31-25)17-6-8-18(26)9-7-17/h6-11,13-14,20,34H,12,27H2,1-5H3,(H,29,31). The Morgan fingerprint density at radius 3 is 2.50 bits per heavy atom. The van der Waals surface area contributed by atoms with Gasteiger partial charge in [-0.05, 0) is 56.5 Å². The van der Waals surface area contributed by atoms with Gasteiger partial charge in [0.05, 0.1) is 17.5 Å². The number of nitrogen functional groups attached to an aromatic ring is 1. The first kappa shape index (κ1) is 23.4. The highest BCUT2D eigenvalue weighted by Gasteiger charge is 2.21. The summed E-state index contributed by atoms with van der Waals surface area (Å²) in [5.41, 5.74) is 10.9.